The number of nitrogens with zero attached hydrogens (tertiary/aromatic N) is 1. The van der Waals surface area contributed by atoms with Crippen LogP contribution in [-0.4, -0.2) is 11.5 Å². The van der Waals surface area contributed by atoms with Crippen LogP contribution in [0.2, 0.25) is 0 Å². The lowest BCUT2D eigenvalue weighted by molar-refractivity contribution is 0.232. The monoisotopic (exact) mass is 250 g/mol. The summed E-state index contributed by atoms with van der Waals surface area (Å²) < 4.78 is 0. The lowest BCUT2D eigenvalue weighted by Crippen LogP contribution is -2.32. The van der Waals surface area contributed by atoms with Gasteiger partial charge in [0.15, 0.2) is 0 Å². The largest absolute Gasteiger partial charge is 0.308 e. The summed E-state index contributed by atoms with van der Waals surface area (Å²) in [6, 6.07) is 0.546. The summed E-state index contributed by atoms with van der Waals surface area (Å²) in [6.45, 7) is 3.27. The Balaban J connectivity index is 1.81. The maximum Gasteiger partial charge on any atom is 0.110 e. The summed E-state index contributed by atoms with van der Waals surface area (Å²) in [7, 11) is 0. The summed E-state index contributed by atoms with van der Waals surface area (Å²) in [5.74, 6) is 0.850. The van der Waals surface area contributed by atoms with E-state index in [2.05, 4.69) is 12.2 Å². The number of aromatic nitrogens is 1. The molecule has 0 saturated heterocycles. The molecule has 0 spiro atoms. The van der Waals surface area contributed by atoms with E-state index in [9.17, 15) is 0 Å². The third-order valence-corrected chi connectivity index (χ3v) is 5.41. The van der Waals surface area contributed by atoms with E-state index >= 15 is 0 Å². The highest BCUT2D eigenvalue weighted by molar-refractivity contribution is 7.11. The van der Waals surface area contributed by atoms with E-state index in [1.165, 1.54) is 55.6 Å². The van der Waals surface area contributed by atoms with Crippen LogP contribution in [0.15, 0.2) is 0 Å². The Morgan fingerprint density at radius 3 is 2.76 bits per heavy atom. The first-order valence-electron chi connectivity index (χ1n) is 7.10. The first kappa shape index (κ1) is 11.7. The Labute approximate surface area is 108 Å². The molecule has 1 fully saturated rings. The van der Waals surface area contributed by atoms with E-state index in [4.69, 9.17) is 4.98 Å². The quantitative estimate of drug-likeness (QED) is 0.885. The first-order valence-corrected chi connectivity index (χ1v) is 7.92. The number of thiazole rings is 1. The van der Waals surface area contributed by atoms with Gasteiger partial charge in [0.1, 0.15) is 5.01 Å². The van der Waals surface area contributed by atoms with Crippen molar-refractivity contribution < 1.29 is 0 Å². The van der Waals surface area contributed by atoms with Gasteiger partial charge in [0.2, 0.25) is 0 Å². The fourth-order valence-electron chi connectivity index (χ4n) is 2.95. The van der Waals surface area contributed by atoms with Gasteiger partial charge < -0.3 is 5.32 Å². The van der Waals surface area contributed by atoms with Crippen molar-refractivity contribution in [2.75, 3.05) is 6.54 Å². The Hall–Kier alpha value is -0.410. The normalized spacial score (nSPS) is 21.9. The van der Waals surface area contributed by atoms with E-state index < -0.39 is 0 Å². The highest BCUT2D eigenvalue weighted by atomic mass is 32.1. The number of hydrogen-bond donors (Lipinski definition) is 1. The highest BCUT2D eigenvalue weighted by Crippen LogP contribution is 2.40. The molecule has 0 aliphatic heterocycles. The van der Waals surface area contributed by atoms with Crippen LogP contribution in [0.5, 0.6) is 0 Å². The van der Waals surface area contributed by atoms with E-state index in [0.29, 0.717) is 6.04 Å². The minimum absolute atomic E-state index is 0.546. The van der Waals surface area contributed by atoms with E-state index in [0.717, 1.165) is 12.5 Å². The van der Waals surface area contributed by atoms with Gasteiger partial charge >= 0.3 is 0 Å². The fourth-order valence-corrected chi connectivity index (χ4v) is 4.28. The molecule has 2 nitrogen and oxygen atoms in total. The van der Waals surface area contributed by atoms with Gasteiger partial charge in [-0.1, -0.05) is 13.3 Å². The number of aryl methyl sites for hydroxylation is 2. The van der Waals surface area contributed by atoms with Crippen molar-refractivity contribution >= 4 is 11.3 Å². The average Bonchev–Trinajstić information content (AvgIpc) is 2.69. The van der Waals surface area contributed by atoms with Crippen molar-refractivity contribution in [2.24, 2.45) is 5.92 Å². The number of hydrogen-bond acceptors (Lipinski definition) is 3. The third kappa shape index (κ3) is 2.27. The molecule has 94 valence electrons. The summed E-state index contributed by atoms with van der Waals surface area (Å²) >= 11 is 1.99. The Morgan fingerprint density at radius 2 is 2.12 bits per heavy atom. The second-order valence-corrected chi connectivity index (χ2v) is 6.47. The van der Waals surface area contributed by atoms with Gasteiger partial charge in [-0.15, -0.1) is 11.3 Å². The van der Waals surface area contributed by atoms with Crippen LogP contribution in [0, 0.1) is 5.92 Å². The molecule has 2 aliphatic carbocycles. The topological polar surface area (TPSA) is 24.9 Å². The SMILES string of the molecule is CCNC(c1nc2c(s1)CCCC2)C1CCC1. The smallest absolute Gasteiger partial charge is 0.110 e. The molecular formula is C14H22N2S. The van der Waals surface area contributed by atoms with E-state index in [1.54, 1.807) is 4.88 Å². The predicted octanol–water partition coefficient (Wildman–Crippen LogP) is 3.47. The molecule has 1 aromatic rings. The minimum atomic E-state index is 0.546. The molecular weight excluding hydrogens is 228 g/mol. The van der Waals surface area contributed by atoms with Crippen LogP contribution in [-0.2, 0) is 12.8 Å². The maximum absolute atomic E-state index is 4.93. The molecule has 3 rings (SSSR count). The van der Waals surface area contributed by atoms with E-state index in [-0.39, 0.29) is 0 Å². The molecule has 2 aliphatic rings. The average molecular weight is 250 g/mol. The molecule has 1 N–H and O–H groups in total. The Kier molecular flexibility index (Phi) is 3.48. The molecule has 1 atom stereocenters. The lowest BCUT2D eigenvalue weighted by atomic mass is 9.80. The van der Waals surface area contributed by atoms with Gasteiger partial charge in [-0.2, -0.15) is 0 Å². The molecule has 0 radical (unpaired) electrons. The van der Waals surface area contributed by atoms with Crippen LogP contribution in [0.1, 0.15) is 60.6 Å². The molecule has 3 heteroatoms. The molecule has 0 amide bonds. The van der Waals surface area contributed by atoms with Crippen LogP contribution >= 0.6 is 11.3 Å². The van der Waals surface area contributed by atoms with Crippen molar-refractivity contribution in [1.82, 2.24) is 10.3 Å². The molecule has 1 heterocycles. The summed E-state index contributed by atoms with van der Waals surface area (Å²) in [5.41, 5.74) is 1.42. The van der Waals surface area contributed by atoms with Gasteiger partial charge in [0, 0.05) is 4.88 Å². The molecule has 1 aromatic heterocycles. The number of nitrogens with one attached hydrogen (secondary N) is 1. The number of rotatable bonds is 4. The fraction of sp³-hybridized carbons (Fsp3) is 0.786. The number of fused-ring (bicyclic) bond motifs is 1. The van der Waals surface area contributed by atoms with Crippen molar-refractivity contribution in [3.05, 3.63) is 15.6 Å². The molecule has 1 unspecified atom stereocenters. The van der Waals surface area contributed by atoms with Crippen LogP contribution in [0.3, 0.4) is 0 Å². The summed E-state index contributed by atoms with van der Waals surface area (Å²) in [5, 5.41) is 5.04. The van der Waals surface area contributed by atoms with Crippen molar-refractivity contribution in [2.45, 2.75) is 57.9 Å². The zero-order valence-corrected chi connectivity index (χ0v) is 11.5. The maximum atomic E-state index is 4.93. The minimum Gasteiger partial charge on any atom is -0.308 e. The van der Waals surface area contributed by atoms with Crippen molar-refractivity contribution in [1.29, 1.82) is 0 Å². The standard InChI is InChI=1S/C14H22N2S/c1-2-15-13(10-6-5-7-10)14-16-11-8-3-4-9-12(11)17-14/h10,13,15H,2-9H2,1H3. The Bertz CT molecular complexity index is 358. The van der Waals surface area contributed by atoms with Gasteiger partial charge in [0.05, 0.1) is 11.7 Å². The van der Waals surface area contributed by atoms with Crippen LogP contribution in [0.25, 0.3) is 0 Å². The summed E-state index contributed by atoms with van der Waals surface area (Å²) in [6.07, 6.45) is 9.39. The Morgan fingerprint density at radius 1 is 1.29 bits per heavy atom. The second kappa shape index (κ2) is 5.07. The molecule has 0 aromatic carbocycles. The lowest BCUT2D eigenvalue weighted by Gasteiger charge is -2.33. The zero-order chi connectivity index (χ0) is 11.7. The van der Waals surface area contributed by atoms with E-state index in [1.807, 2.05) is 11.3 Å². The highest BCUT2D eigenvalue weighted by Gasteiger charge is 2.31. The molecule has 0 bridgehead atoms. The van der Waals surface area contributed by atoms with Crippen molar-refractivity contribution in [3.63, 3.8) is 0 Å². The molecule has 1 saturated carbocycles. The van der Waals surface area contributed by atoms with Crippen molar-refractivity contribution in [3.8, 4) is 0 Å². The predicted molar refractivity (Wildman–Crippen MR) is 72.5 cm³/mol. The van der Waals surface area contributed by atoms with Crippen LogP contribution in [0.4, 0.5) is 0 Å². The molecule has 17 heavy (non-hydrogen) atoms. The van der Waals surface area contributed by atoms with Gasteiger partial charge in [-0.25, -0.2) is 4.98 Å². The first-order chi connectivity index (χ1) is 8.38. The zero-order valence-electron chi connectivity index (χ0n) is 10.7. The second-order valence-electron chi connectivity index (χ2n) is 5.36. The summed E-state index contributed by atoms with van der Waals surface area (Å²) in [4.78, 5) is 6.51. The van der Waals surface area contributed by atoms with Gasteiger partial charge in [0.25, 0.3) is 0 Å². The third-order valence-electron chi connectivity index (χ3n) is 4.17. The van der Waals surface area contributed by atoms with Crippen LogP contribution < -0.4 is 5.32 Å². The van der Waals surface area contributed by atoms with Gasteiger partial charge in [-0.3, -0.25) is 0 Å². The van der Waals surface area contributed by atoms with Gasteiger partial charge in [-0.05, 0) is 51.0 Å².